The van der Waals surface area contributed by atoms with E-state index in [1.165, 1.54) is 55.4 Å². The first-order valence-electron chi connectivity index (χ1n) is 18.7. The predicted octanol–water partition coefficient (Wildman–Crippen LogP) is 11.1. The van der Waals surface area contributed by atoms with Crippen molar-refractivity contribution in [2.45, 2.75) is 11.6 Å². The number of benzene rings is 8. The van der Waals surface area contributed by atoms with Gasteiger partial charge >= 0.3 is 0 Å². The fourth-order valence-electron chi connectivity index (χ4n) is 9.07. The summed E-state index contributed by atoms with van der Waals surface area (Å²) >= 11 is 0. The van der Waals surface area contributed by atoms with Gasteiger partial charge in [0, 0.05) is 33.9 Å². The zero-order chi connectivity index (χ0) is 35.6. The van der Waals surface area contributed by atoms with Crippen LogP contribution in [0.2, 0.25) is 0 Å². The summed E-state index contributed by atoms with van der Waals surface area (Å²) in [5, 5.41) is 4.82. The SMILES string of the molecule is C1=C(c2ccccc2)[NH2+]C(c2ccc3c(c2)C2(c4ccccc4Oc4ccccc42)c2c-3ccc3ccccc23)N=C1c1ccc(-c2ccccc2)cc1. The topological polar surface area (TPSA) is 38.2 Å². The smallest absolute Gasteiger partial charge is 0.211 e. The summed E-state index contributed by atoms with van der Waals surface area (Å²) in [5.74, 6) is 1.79. The van der Waals surface area contributed by atoms with Gasteiger partial charge in [0.1, 0.15) is 17.2 Å². The van der Waals surface area contributed by atoms with E-state index in [1.807, 2.05) is 0 Å². The van der Waals surface area contributed by atoms with Crippen LogP contribution >= 0.6 is 0 Å². The lowest BCUT2D eigenvalue weighted by atomic mass is 9.65. The van der Waals surface area contributed by atoms with E-state index in [0.29, 0.717) is 0 Å². The van der Waals surface area contributed by atoms with Gasteiger partial charge in [0.05, 0.1) is 11.1 Å². The second-order valence-electron chi connectivity index (χ2n) is 14.4. The lowest BCUT2D eigenvalue weighted by molar-refractivity contribution is -0.609. The molecule has 0 saturated carbocycles. The molecule has 8 aromatic rings. The van der Waals surface area contributed by atoms with Gasteiger partial charge in [0.15, 0.2) is 0 Å². The van der Waals surface area contributed by atoms with Crippen LogP contribution in [0.4, 0.5) is 0 Å². The molecule has 1 spiro atoms. The summed E-state index contributed by atoms with van der Waals surface area (Å²) in [4.78, 5) is 5.51. The molecule has 0 saturated heterocycles. The molecule has 8 aromatic carbocycles. The Bertz CT molecular complexity index is 2770. The number of ether oxygens (including phenoxy) is 1. The highest BCUT2D eigenvalue weighted by molar-refractivity contribution is 6.12. The number of nitrogens with zero attached hydrogens (tertiary/aromatic N) is 1. The van der Waals surface area contributed by atoms with Crippen LogP contribution in [-0.4, -0.2) is 5.71 Å². The number of rotatable bonds is 4. The molecule has 2 heterocycles. The number of hydrogen-bond donors (Lipinski definition) is 1. The molecule has 1 atom stereocenters. The molecule has 3 aliphatic rings. The molecular weight excluding hydrogens is 657 g/mol. The molecule has 0 aromatic heterocycles. The van der Waals surface area contributed by atoms with Crippen molar-refractivity contribution in [3.05, 3.63) is 233 Å². The van der Waals surface area contributed by atoms with Crippen LogP contribution in [0.15, 0.2) is 199 Å². The van der Waals surface area contributed by atoms with Gasteiger partial charge in [-0.15, -0.1) is 0 Å². The Balaban J connectivity index is 1.12. The molecule has 3 nitrogen and oxygen atoms in total. The first kappa shape index (κ1) is 30.8. The summed E-state index contributed by atoms with van der Waals surface area (Å²) in [5.41, 5.74) is 14.8. The lowest BCUT2D eigenvalue weighted by Crippen LogP contribution is -2.82. The Morgan fingerprint density at radius 1 is 0.481 bits per heavy atom. The van der Waals surface area contributed by atoms with Gasteiger partial charge in [-0.2, -0.15) is 0 Å². The number of aliphatic imine (C=N–C) groups is 1. The Labute approximate surface area is 314 Å². The van der Waals surface area contributed by atoms with E-state index in [-0.39, 0.29) is 6.17 Å². The molecule has 1 aliphatic carbocycles. The monoisotopic (exact) mass is 691 g/mol. The normalized spacial score (nSPS) is 16.0. The molecule has 254 valence electrons. The first-order chi connectivity index (χ1) is 26.8. The highest BCUT2D eigenvalue weighted by Crippen LogP contribution is 2.63. The molecule has 2 aliphatic heterocycles. The molecule has 0 radical (unpaired) electrons. The average Bonchev–Trinajstić information content (AvgIpc) is 3.54. The summed E-state index contributed by atoms with van der Waals surface area (Å²) in [6.07, 6.45) is 2.05. The molecule has 2 N–H and O–H groups in total. The maximum atomic E-state index is 6.68. The molecule has 0 bridgehead atoms. The first-order valence-corrected chi connectivity index (χ1v) is 18.7. The number of quaternary nitrogens is 1. The van der Waals surface area contributed by atoms with Gasteiger partial charge in [-0.3, -0.25) is 5.32 Å². The van der Waals surface area contributed by atoms with E-state index in [2.05, 4.69) is 199 Å². The van der Waals surface area contributed by atoms with Crippen LogP contribution in [-0.2, 0) is 5.41 Å². The van der Waals surface area contributed by atoms with Gasteiger partial charge in [0.2, 0.25) is 6.17 Å². The van der Waals surface area contributed by atoms with Crippen molar-refractivity contribution in [1.29, 1.82) is 0 Å². The minimum Gasteiger partial charge on any atom is -0.457 e. The van der Waals surface area contributed by atoms with Crippen molar-refractivity contribution in [3.8, 4) is 33.8 Å². The minimum absolute atomic E-state index is 0.192. The summed E-state index contributed by atoms with van der Waals surface area (Å²) < 4.78 is 6.68. The van der Waals surface area contributed by atoms with Crippen molar-refractivity contribution in [1.82, 2.24) is 0 Å². The fraction of sp³-hybridized carbons (Fsp3) is 0.0392. The van der Waals surface area contributed by atoms with Crippen LogP contribution in [0.1, 0.15) is 45.1 Å². The number of nitrogens with two attached hydrogens (primary N) is 1. The van der Waals surface area contributed by atoms with Crippen LogP contribution < -0.4 is 10.1 Å². The average molecular weight is 692 g/mol. The summed E-state index contributed by atoms with van der Waals surface area (Å²) in [7, 11) is 0. The van der Waals surface area contributed by atoms with Crippen molar-refractivity contribution in [2.24, 2.45) is 4.99 Å². The van der Waals surface area contributed by atoms with E-state index in [4.69, 9.17) is 9.73 Å². The summed E-state index contributed by atoms with van der Waals surface area (Å²) in [6, 6.07) is 67.7. The third-order valence-electron chi connectivity index (χ3n) is 11.5. The van der Waals surface area contributed by atoms with Gasteiger partial charge < -0.3 is 4.74 Å². The summed E-state index contributed by atoms with van der Waals surface area (Å²) in [6.45, 7) is 0. The molecular formula is C51H35N2O+. The highest BCUT2D eigenvalue weighted by Gasteiger charge is 2.52. The third-order valence-corrected chi connectivity index (χ3v) is 11.5. The zero-order valence-corrected chi connectivity index (χ0v) is 29.5. The van der Waals surface area contributed by atoms with Crippen molar-refractivity contribution < 1.29 is 10.1 Å². The molecule has 54 heavy (non-hydrogen) atoms. The second kappa shape index (κ2) is 12.1. The van der Waals surface area contributed by atoms with Crippen molar-refractivity contribution in [3.63, 3.8) is 0 Å². The molecule has 3 heteroatoms. The number of para-hydroxylation sites is 2. The minimum atomic E-state index is -0.584. The molecule has 1 unspecified atom stereocenters. The van der Waals surface area contributed by atoms with Gasteiger partial charge in [-0.05, 0) is 74.5 Å². The molecule has 0 amide bonds. The number of hydrogen-bond acceptors (Lipinski definition) is 2. The van der Waals surface area contributed by atoms with E-state index in [0.717, 1.165) is 39.5 Å². The quantitative estimate of drug-likeness (QED) is 0.196. The van der Waals surface area contributed by atoms with Gasteiger partial charge in [0.25, 0.3) is 0 Å². The van der Waals surface area contributed by atoms with E-state index in [1.54, 1.807) is 0 Å². The third kappa shape index (κ3) is 4.62. The number of fused-ring (bicyclic) bond motifs is 11. The Morgan fingerprint density at radius 2 is 1.07 bits per heavy atom. The Hall–Kier alpha value is -6.81. The van der Waals surface area contributed by atoms with E-state index < -0.39 is 5.41 Å². The lowest BCUT2D eigenvalue weighted by Gasteiger charge is -2.40. The Morgan fingerprint density at radius 3 is 1.81 bits per heavy atom. The van der Waals surface area contributed by atoms with E-state index in [9.17, 15) is 0 Å². The Kier molecular flexibility index (Phi) is 6.91. The van der Waals surface area contributed by atoms with Crippen molar-refractivity contribution in [2.75, 3.05) is 0 Å². The van der Waals surface area contributed by atoms with Crippen LogP contribution in [0.25, 0.3) is 38.7 Å². The van der Waals surface area contributed by atoms with Crippen LogP contribution in [0.5, 0.6) is 11.5 Å². The molecule has 0 fully saturated rings. The van der Waals surface area contributed by atoms with E-state index >= 15 is 0 Å². The van der Waals surface area contributed by atoms with Crippen LogP contribution in [0, 0.1) is 0 Å². The van der Waals surface area contributed by atoms with Crippen molar-refractivity contribution >= 4 is 22.2 Å². The largest absolute Gasteiger partial charge is 0.457 e. The number of allylic oxidation sites excluding steroid dienone is 1. The standard InChI is InChI=1S/C51H34N2O/c1-3-13-33(14-4-1)34-23-25-37(26-24-34)46-32-45(36-16-5-2-6-17-36)52-50(53-46)38-28-29-40-41-30-27-35-15-7-8-18-39(35)49(41)51(44(40)31-38)42-19-9-11-21-47(42)54-48-22-12-10-20-43(48)51/h1-32,50,52H/p+1. The van der Waals surface area contributed by atoms with Gasteiger partial charge in [-0.1, -0.05) is 158 Å². The van der Waals surface area contributed by atoms with Crippen LogP contribution in [0.3, 0.4) is 0 Å². The maximum absolute atomic E-state index is 6.68. The van der Waals surface area contributed by atoms with Gasteiger partial charge in [-0.25, -0.2) is 4.99 Å². The predicted molar refractivity (Wildman–Crippen MR) is 219 cm³/mol. The second-order valence-corrected chi connectivity index (χ2v) is 14.4. The maximum Gasteiger partial charge on any atom is 0.211 e. The highest BCUT2D eigenvalue weighted by atomic mass is 16.5. The molecule has 11 rings (SSSR count). The fourth-order valence-corrected chi connectivity index (χ4v) is 9.07. The zero-order valence-electron chi connectivity index (χ0n) is 29.5.